The van der Waals surface area contributed by atoms with E-state index in [2.05, 4.69) is 0 Å². The fourth-order valence-electron chi connectivity index (χ4n) is 1.73. The Morgan fingerprint density at radius 2 is 1.61 bits per heavy atom. The normalized spacial score (nSPS) is 11.2. The first kappa shape index (κ1) is 13.8. The van der Waals surface area contributed by atoms with Gasteiger partial charge in [0.15, 0.2) is 11.5 Å². The number of hydrogen-bond donors (Lipinski definition) is 5. The molecule has 1 aromatic rings. The number of para-hydroxylation sites is 1. The second-order valence-electron chi connectivity index (χ2n) is 3.97. The third-order valence-electron chi connectivity index (χ3n) is 2.48. The van der Waals surface area contributed by atoms with Crippen molar-refractivity contribution in [3.05, 3.63) is 23.8 Å². The minimum atomic E-state index is -1.79. The first-order valence-electron chi connectivity index (χ1n) is 5.00. The van der Waals surface area contributed by atoms with Gasteiger partial charge in [-0.05, 0) is 6.07 Å². The number of carbonyl (C=O) groups is 2. The first-order valence-corrected chi connectivity index (χ1v) is 5.00. The van der Waals surface area contributed by atoms with Crippen LogP contribution in [0.4, 0.5) is 0 Å². The molecule has 0 bridgehead atoms. The number of benzene rings is 1. The largest absolute Gasteiger partial charge is 0.504 e. The molecule has 0 atom stereocenters. The summed E-state index contributed by atoms with van der Waals surface area (Å²) < 4.78 is 0. The van der Waals surface area contributed by atoms with Crippen LogP contribution in [0.25, 0.3) is 0 Å². The Balaban J connectivity index is 3.29. The van der Waals surface area contributed by atoms with E-state index in [0.717, 1.165) is 0 Å². The lowest BCUT2D eigenvalue weighted by Crippen LogP contribution is -2.41. The van der Waals surface area contributed by atoms with Crippen LogP contribution in [0.5, 0.6) is 11.5 Å². The van der Waals surface area contributed by atoms with Crippen LogP contribution in [0.15, 0.2) is 18.2 Å². The van der Waals surface area contributed by atoms with Gasteiger partial charge in [0.25, 0.3) is 0 Å². The van der Waals surface area contributed by atoms with Crippen molar-refractivity contribution in [1.29, 1.82) is 0 Å². The van der Waals surface area contributed by atoms with Crippen LogP contribution >= 0.6 is 0 Å². The van der Waals surface area contributed by atoms with Crippen LogP contribution in [0.3, 0.4) is 0 Å². The van der Waals surface area contributed by atoms with E-state index < -0.39 is 41.8 Å². The lowest BCUT2D eigenvalue weighted by atomic mass is 9.84. The van der Waals surface area contributed by atoms with Crippen LogP contribution < -0.4 is 5.73 Å². The lowest BCUT2D eigenvalue weighted by Gasteiger charge is -2.27. The summed E-state index contributed by atoms with van der Waals surface area (Å²) in [6, 6.07) is 3.80. The van der Waals surface area contributed by atoms with E-state index in [1.807, 2.05) is 0 Å². The summed E-state index contributed by atoms with van der Waals surface area (Å²) in [5, 5.41) is 36.5. The fourth-order valence-corrected chi connectivity index (χ4v) is 1.73. The van der Waals surface area contributed by atoms with Gasteiger partial charge in [-0.15, -0.1) is 0 Å². The molecule has 0 saturated carbocycles. The number of hydrogen-bond acceptors (Lipinski definition) is 5. The molecule has 18 heavy (non-hydrogen) atoms. The van der Waals surface area contributed by atoms with Crippen molar-refractivity contribution in [2.45, 2.75) is 18.4 Å². The van der Waals surface area contributed by atoms with Gasteiger partial charge < -0.3 is 26.2 Å². The van der Waals surface area contributed by atoms with Crippen molar-refractivity contribution < 1.29 is 30.0 Å². The zero-order valence-electron chi connectivity index (χ0n) is 9.33. The van der Waals surface area contributed by atoms with E-state index >= 15 is 0 Å². The Labute approximate surface area is 102 Å². The summed E-state index contributed by atoms with van der Waals surface area (Å²) in [7, 11) is 0. The molecule has 0 spiro atoms. The Morgan fingerprint density at radius 1 is 1.11 bits per heavy atom. The molecule has 98 valence electrons. The van der Waals surface area contributed by atoms with E-state index in [4.69, 9.17) is 15.9 Å². The van der Waals surface area contributed by atoms with E-state index in [-0.39, 0.29) is 5.56 Å². The van der Waals surface area contributed by atoms with Gasteiger partial charge in [0.1, 0.15) is 0 Å². The van der Waals surface area contributed by atoms with Crippen molar-refractivity contribution in [3.8, 4) is 11.5 Å². The highest BCUT2D eigenvalue weighted by Crippen LogP contribution is 2.38. The molecule has 7 heteroatoms. The van der Waals surface area contributed by atoms with Gasteiger partial charge in [0.05, 0.1) is 18.4 Å². The molecule has 0 saturated heterocycles. The fraction of sp³-hybridized carbons (Fsp3) is 0.273. The Hall–Kier alpha value is -2.28. The van der Waals surface area contributed by atoms with Crippen LogP contribution in [0, 0.1) is 0 Å². The average Bonchev–Trinajstić information content (AvgIpc) is 2.19. The van der Waals surface area contributed by atoms with Crippen molar-refractivity contribution in [2.75, 3.05) is 0 Å². The van der Waals surface area contributed by atoms with Crippen molar-refractivity contribution in [1.82, 2.24) is 0 Å². The summed E-state index contributed by atoms with van der Waals surface area (Å²) in [5.41, 5.74) is 3.85. The predicted octanol–water partition coefficient (Wildman–Crippen LogP) is 0.201. The van der Waals surface area contributed by atoms with Gasteiger partial charge in [-0.3, -0.25) is 9.59 Å². The third-order valence-corrected chi connectivity index (χ3v) is 2.48. The zero-order valence-corrected chi connectivity index (χ0v) is 9.33. The summed E-state index contributed by atoms with van der Waals surface area (Å²) in [5.74, 6) is -3.71. The maximum Gasteiger partial charge on any atom is 0.305 e. The molecule has 0 aliphatic rings. The average molecular weight is 255 g/mol. The molecular formula is C11H13NO6. The quantitative estimate of drug-likeness (QED) is 0.473. The number of aromatic hydroxyl groups is 2. The molecule has 1 aromatic carbocycles. The number of carboxylic acid groups (broad SMARTS) is 2. The second-order valence-corrected chi connectivity index (χ2v) is 3.97. The molecule has 0 aliphatic carbocycles. The summed E-state index contributed by atoms with van der Waals surface area (Å²) in [6.45, 7) is 0. The lowest BCUT2D eigenvalue weighted by molar-refractivity contribution is -0.141. The Bertz CT molecular complexity index is 468. The molecule has 7 nitrogen and oxygen atoms in total. The van der Waals surface area contributed by atoms with Crippen molar-refractivity contribution >= 4 is 11.9 Å². The maximum absolute atomic E-state index is 10.7. The predicted molar refractivity (Wildman–Crippen MR) is 60.1 cm³/mol. The van der Waals surface area contributed by atoms with Gasteiger partial charge in [-0.2, -0.15) is 0 Å². The highest BCUT2D eigenvalue weighted by molar-refractivity contribution is 5.74. The zero-order chi connectivity index (χ0) is 13.9. The molecule has 0 fully saturated rings. The minimum absolute atomic E-state index is 0.118. The standard InChI is InChI=1S/C11H13NO6/c12-11(4-8(14)15,5-9(16)17)6-2-1-3-7(13)10(6)18/h1-3,13,18H,4-5,12H2,(H,14,15)(H,16,17). The molecule has 0 aromatic heterocycles. The summed E-state index contributed by atoms with van der Waals surface area (Å²) in [6.07, 6.45) is -1.37. The minimum Gasteiger partial charge on any atom is -0.504 e. The van der Waals surface area contributed by atoms with E-state index in [1.54, 1.807) is 0 Å². The number of phenolic OH excluding ortho intramolecular Hbond substituents is 2. The Kier molecular flexibility index (Phi) is 3.77. The molecule has 6 N–H and O–H groups in total. The van der Waals surface area contributed by atoms with Gasteiger partial charge in [0, 0.05) is 5.56 Å². The maximum atomic E-state index is 10.7. The van der Waals surface area contributed by atoms with E-state index in [0.29, 0.717) is 0 Å². The number of aliphatic carboxylic acids is 2. The van der Waals surface area contributed by atoms with E-state index in [1.165, 1.54) is 18.2 Å². The smallest absolute Gasteiger partial charge is 0.305 e. The van der Waals surface area contributed by atoms with Crippen LogP contribution in [0.2, 0.25) is 0 Å². The number of nitrogens with two attached hydrogens (primary N) is 1. The van der Waals surface area contributed by atoms with E-state index in [9.17, 15) is 19.8 Å². The second kappa shape index (κ2) is 4.92. The summed E-state index contributed by atoms with van der Waals surface area (Å²) in [4.78, 5) is 21.5. The number of rotatable bonds is 5. The highest BCUT2D eigenvalue weighted by atomic mass is 16.4. The van der Waals surface area contributed by atoms with Gasteiger partial charge in [0.2, 0.25) is 0 Å². The van der Waals surface area contributed by atoms with Gasteiger partial charge in [-0.25, -0.2) is 0 Å². The highest BCUT2D eigenvalue weighted by Gasteiger charge is 2.36. The molecule has 0 radical (unpaired) electrons. The van der Waals surface area contributed by atoms with Crippen molar-refractivity contribution in [2.24, 2.45) is 5.73 Å². The molecule has 0 unspecified atom stereocenters. The molecule has 1 rings (SSSR count). The first-order chi connectivity index (χ1) is 8.26. The van der Waals surface area contributed by atoms with Crippen molar-refractivity contribution in [3.63, 3.8) is 0 Å². The van der Waals surface area contributed by atoms with Crippen LogP contribution in [-0.4, -0.2) is 32.4 Å². The summed E-state index contributed by atoms with van der Waals surface area (Å²) >= 11 is 0. The molecule has 0 amide bonds. The SMILES string of the molecule is NC(CC(=O)O)(CC(=O)O)c1cccc(O)c1O. The van der Waals surface area contributed by atoms with Gasteiger partial charge >= 0.3 is 11.9 Å². The third kappa shape index (κ3) is 2.89. The number of phenols is 2. The van der Waals surface area contributed by atoms with Gasteiger partial charge in [-0.1, -0.05) is 12.1 Å². The molecule has 0 heterocycles. The monoisotopic (exact) mass is 255 g/mol. The number of carboxylic acids is 2. The van der Waals surface area contributed by atoms with Crippen LogP contribution in [0.1, 0.15) is 18.4 Å². The Morgan fingerprint density at radius 3 is 2.06 bits per heavy atom. The molecule has 0 aliphatic heterocycles. The topological polar surface area (TPSA) is 141 Å². The van der Waals surface area contributed by atoms with Crippen LogP contribution in [-0.2, 0) is 15.1 Å². The molecular weight excluding hydrogens is 242 g/mol.